The van der Waals surface area contributed by atoms with E-state index in [4.69, 9.17) is 23.7 Å². The molecule has 12 nitrogen and oxygen atoms in total. The predicted octanol–water partition coefficient (Wildman–Crippen LogP) is 16.2. The fourth-order valence-electron chi connectivity index (χ4n) is 8.64. The number of allylic oxidation sites excluding steroid dienone is 18. The second-order valence-corrected chi connectivity index (χ2v) is 20.6. The molecule has 1 saturated heterocycles. The van der Waals surface area contributed by atoms with Crippen molar-refractivity contribution in [3.05, 3.63) is 109 Å². The highest BCUT2D eigenvalue weighted by molar-refractivity contribution is 5.74. The first-order chi connectivity index (χ1) is 38.6. The van der Waals surface area contributed by atoms with Crippen molar-refractivity contribution in [1.82, 2.24) is 0 Å². The first-order valence-corrected chi connectivity index (χ1v) is 30.9. The molecule has 448 valence electrons. The van der Waals surface area contributed by atoms with Crippen LogP contribution in [0.25, 0.3) is 0 Å². The SMILES string of the molecule is CC/C=C\C/C=C\C/C=C\C/C=C\CCCCCCC(=O)OCC(COC1OC(C(=O)O)C(O)C(O)C1OC(=O)CCCCCC/C=C\C/C=C\C/C=C\C/C=C\CC)OC(=O)CCCCCCC/C=C\CCCCCCCC. The summed E-state index contributed by atoms with van der Waals surface area (Å²) in [5.41, 5.74) is 0. The molecule has 0 aromatic carbocycles. The number of rotatable bonds is 51. The largest absolute Gasteiger partial charge is 0.479 e. The molecule has 0 bridgehead atoms. The third kappa shape index (κ3) is 43.8. The Morgan fingerprint density at radius 1 is 0.430 bits per heavy atom. The summed E-state index contributed by atoms with van der Waals surface area (Å²) in [7, 11) is 0. The number of ether oxygens (including phenoxy) is 5. The van der Waals surface area contributed by atoms with Crippen LogP contribution < -0.4 is 0 Å². The predicted molar refractivity (Wildman–Crippen MR) is 321 cm³/mol. The van der Waals surface area contributed by atoms with Gasteiger partial charge in [-0.05, 0) is 122 Å². The summed E-state index contributed by atoms with van der Waals surface area (Å²) in [4.78, 5) is 51.2. The van der Waals surface area contributed by atoms with E-state index in [0.29, 0.717) is 19.3 Å². The van der Waals surface area contributed by atoms with Crippen LogP contribution in [0.2, 0.25) is 0 Å². The van der Waals surface area contributed by atoms with E-state index in [1.54, 1.807) is 0 Å². The Morgan fingerprint density at radius 2 is 0.797 bits per heavy atom. The summed E-state index contributed by atoms with van der Waals surface area (Å²) in [6.45, 7) is 5.73. The average Bonchev–Trinajstić information content (AvgIpc) is 3.47. The number of carbonyl (C=O) groups is 4. The highest BCUT2D eigenvalue weighted by atomic mass is 16.7. The highest BCUT2D eigenvalue weighted by Crippen LogP contribution is 2.26. The van der Waals surface area contributed by atoms with Crippen molar-refractivity contribution in [3.8, 4) is 0 Å². The Kier molecular flexibility index (Phi) is 49.5. The van der Waals surface area contributed by atoms with Crippen LogP contribution in [0.3, 0.4) is 0 Å². The van der Waals surface area contributed by atoms with Gasteiger partial charge in [-0.1, -0.05) is 207 Å². The number of aliphatic carboxylic acids is 1. The molecule has 3 N–H and O–H groups in total. The van der Waals surface area contributed by atoms with Gasteiger partial charge >= 0.3 is 23.9 Å². The second kappa shape index (κ2) is 54.0. The number of hydrogen-bond donors (Lipinski definition) is 3. The van der Waals surface area contributed by atoms with Gasteiger partial charge in [0.15, 0.2) is 24.6 Å². The van der Waals surface area contributed by atoms with E-state index in [2.05, 4.69) is 130 Å². The maximum absolute atomic E-state index is 13.2. The number of carboxylic acids is 1. The molecule has 1 aliphatic heterocycles. The molecule has 0 radical (unpaired) electrons. The molecule has 1 fully saturated rings. The zero-order chi connectivity index (χ0) is 57.5. The Labute approximate surface area is 478 Å². The average molecular weight is 1110 g/mol. The van der Waals surface area contributed by atoms with Crippen LogP contribution in [0.15, 0.2) is 109 Å². The van der Waals surface area contributed by atoms with E-state index >= 15 is 0 Å². The second-order valence-electron chi connectivity index (χ2n) is 20.6. The fourth-order valence-corrected chi connectivity index (χ4v) is 8.64. The van der Waals surface area contributed by atoms with Crippen LogP contribution >= 0.6 is 0 Å². The molecule has 6 atom stereocenters. The number of unbranched alkanes of at least 4 members (excludes halogenated alkanes) is 19. The third-order valence-corrected chi connectivity index (χ3v) is 13.3. The van der Waals surface area contributed by atoms with E-state index in [1.165, 1.54) is 38.5 Å². The number of carboxylic acid groups (broad SMARTS) is 1. The van der Waals surface area contributed by atoms with Gasteiger partial charge in [-0.25, -0.2) is 4.79 Å². The van der Waals surface area contributed by atoms with Gasteiger partial charge in [-0.3, -0.25) is 14.4 Å². The minimum atomic E-state index is -1.92. The van der Waals surface area contributed by atoms with Crippen molar-refractivity contribution < 1.29 is 58.2 Å². The molecule has 6 unspecified atom stereocenters. The van der Waals surface area contributed by atoms with Gasteiger partial charge in [-0.2, -0.15) is 0 Å². The van der Waals surface area contributed by atoms with E-state index in [9.17, 15) is 34.5 Å². The molecule has 0 saturated carbocycles. The third-order valence-electron chi connectivity index (χ3n) is 13.3. The number of hydrogen-bond acceptors (Lipinski definition) is 11. The Morgan fingerprint density at radius 3 is 1.23 bits per heavy atom. The first kappa shape index (κ1) is 72.4. The van der Waals surface area contributed by atoms with Crippen LogP contribution in [-0.2, 0) is 42.9 Å². The van der Waals surface area contributed by atoms with Gasteiger partial charge in [0.1, 0.15) is 18.8 Å². The molecular weight excluding hydrogens is 997 g/mol. The van der Waals surface area contributed by atoms with Crippen LogP contribution in [0.5, 0.6) is 0 Å². The van der Waals surface area contributed by atoms with Crippen LogP contribution in [0.1, 0.15) is 239 Å². The Bertz CT molecular complexity index is 1790. The quantitative estimate of drug-likeness (QED) is 0.0228. The van der Waals surface area contributed by atoms with Crippen molar-refractivity contribution in [2.45, 2.75) is 276 Å². The van der Waals surface area contributed by atoms with Gasteiger partial charge in [0, 0.05) is 19.3 Å². The van der Waals surface area contributed by atoms with Gasteiger partial charge in [-0.15, -0.1) is 0 Å². The number of aliphatic hydroxyl groups is 2. The topological polar surface area (TPSA) is 175 Å². The lowest BCUT2D eigenvalue weighted by atomic mass is 9.98. The summed E-state index contributed by atoms with van der Waals surface area (Å²) in [6.07, 6.45) is 60.4. The van der Waals surface area contributed by atoms with Gasteiger partial charge < -0.3 is 39.0 Å². The van der Waals surface area contributed by atoms with Crippen molar-refractivity contribution in [1.29, 1.82) is 0 Å². The summed E-state index contributed by atoms with van der Waals surface area (Å²) < 4.78 is 28.4. The minimum absolute atomic E-state index is 0.0240. The van der Waals surface area contributed by atoms with Crippen molar-refractivity contribution >= 4 is 23.9 Å². The lowest BCUT2D eigenvalue weighted by Crippen LogP contribution is -2.61. The molecule has 0 spiro atoms. The van der Waals surface area contributed by atoms with Crippen molar-refractivity contribution in [2.24, 2.45) is 0 Å². The molecule has 1 rings (SSSR count). The molecular formula is C67H108O12. The maximum Gasteiger partial charge on any atom is 0.335 e. The first-order valence-electron chi connectivity index (χ1n) is 30.9. The van der Waals surface area contributed by atoms with E-state index < -0.39 is 67.3 Å². The molecule has 79 heavy (non-hydrogen) atoms. The molecule has 1 heterocycles. The zero-order valence-corrected chi connectivity index (χ0v) is 49.3. The Balaban J connectivity index is 2.72. The highest BCUT2D eigenvalue weighted by Gasteiger charge is 2.50. The van der Waals surface area contributed by atoms with E-state index in [-0.39, 0.29) is 25.9 Å². The van der Waals surface area contributed by atoms with Gasteiger partial charge in [0.25, 0.3) is 0 Å². The number of carbonyl (C=O) groups excluding carboxylic acids is 3. The molecule has 12 heteroatoms. The lowest BCUT2D eigenvalue weighted by Gasteiger charge is -2.40. The minimum Gasteiger partial charge on any atom is -0.479 e. The van der Waals surface area contributed by atoms with Crippen LogP contribution in [-0.4, -0.2) is 89.2 Å². The van der Waals surface area contributed by atoms with Crippen LogP contribution in [0.4, 0.5) is 0 Å². The molecule has 0 aromatic rings. The van der Waals surface area contributed by atoms with Crippen LogP contribution in [0, 0.1) is 0 Å². The number of esters is 3. The number of aliphatic hydroxyl groups excluding tert-OH is 2. The van der Waals surface area contributed by atoms with Crippen molar-refractivity contribution in [3.63, 3.8) is 0 Å². The molecule has 0 amide bonds. The standard InChI is InChI=1S/C67H108O12/c1-4-7-10-13-16-19-22-25-28-30-33-35-38-41-44-47-50-53-59(68)75-56-58(77-60(69)54-51-48-45-42-39-36-32-27-24-21-18-15-12-9-6-3)57-76-67-65(63(72)62(71)64(79-67)66(73)74)78-61(70)55-52-49-46-43-40-37-34-31-29-26-23-20-17-14-11-8-5-2/h7-8,10-11,16-17,19-20,25-29,32-35,37,58,62-65,67,71-72H,4-6,9,12-15,18,21-24,30-31,36,38-57H2,1-3H3,(H,73,74)/b10-7-,11-8-,19-16-,20-17-,28-25-,29-26-,32-27-,35-33-,37-34-. The summed E-state index contributed by atoms with van der Waals surface area (Å²) >= 11 is 0. The maximum atomic E-state index is 13.2. The molecule has 0 aromatic heterocycles. The van der Waals surface area contributed by atoms with Crippen molar-refractivity contribution in [2.75, 3.05) is 13.2 Å². The lowest BCUT2D eigenvalue weighted by molar-refractivity contribution is -0.301. The normalized spacial score (nSPS) is 18.6. The Hall–Kier alpha value is -4.62. The van der Waals surface area contributed by atoms with E-state index in [1.807, 2.05) is 0 Å². The smallest absolute Gasteiger partial charge is 0.335 e. The van der Waals surface area contributed by atoms with E-state index in [0.717, 1.165) is 141 Å². The van der Waals surface area contributed by atoms with Gasteiger partial charge in [0.2, 0.25) is 0 Å². The fraction of sp³-hybridized carbons (Fsp3) is 0.672. The summed E-state index contributed by atoms with van der Waals surface area (Å²) in [5.74, 6) is -3.20. The summed E-state index contributed by atoms with van der Waals surface area (Å²) in [5, 5.41) is 31.5. The van der Waals surface area contributed by atoms with Gasteiger partial charge in [0.05, 0.1) is 6.61 Å². The zero-order valence-electron chi connectivity index (χ0n) is 49.3. The monoisotopic (exact) mass is 1100 g/mol. The molecule has 1 aliphatic rings. The molecule has 0 aliphatic carbocycles. The summed E-state index contributed by atoms with van der Waals surface area (Å²) in [6, 6.07) is 0.